The molecular weight excluding hydrogens is 232 g/mol. The first kappa shape index (κ1) is 13.5. The molecule has 1 heteroatoms. The minimum absolute atomic E-state index is 0.0959. The third-order valence-electron chi connectivity index (χ3n) is 3.40. The summed E-state index contributed by atoms with van der Waals surface area (Å²) in [4.78, 5) is 12.4. The van der Waals surface area contributed by atoms with E-state index in [1.807, 2.05) is 55.5 Å². The summed E-state index contributed by atoms with van der Waals surface area (Å²) in [6, 6.07) is 15.7. The van der Waals surface area contributed by atoms with E-state index in [1.54, 1.807) is 0 Å². The molecule has 0 saturated carbocycles. The third kappa shape index (κ3) is 2.93. The molecule has 0 aliphatic carbocycles. The molecule has 0 aliphatic heterocycles. The zero-order chi connectivity index (χ0) is 14.0. The van der Waals surface area contributed by atoms with Crippen molar-refractivity contribution in [3.63, 3.8) is 0 Å². The molecule has 0 saturated heterocycles. The smallest absolute Gasteiger partial charge is 0.193 e. The fraction of sp³-hybridized carbons (Fsp3) is 0.278. The fourth-order valence-electron chi connectivity index (χ4n) is 2.10. The summed E-state index contributed by atoms with van der Waals surface area (Å²) in [6.07, 6.45) is 0. The van der Waals surface area contributed by atoms with Crippen LogP contribution in [0, 0.1) is 6.92 Å². The van der Waals surface area contributed by atoms with Crippen LogP contribution >= 0.6 is 0 Å². The summed E-state index contributed by atoms with van der Waals surface area (Å²) >= 11 is 0. The lowest BCUT2D eigenvalue weighted by atomic mass is 9.86. The molecule has 0 fully saturated rings. The van der Waals surface area contributed by atoms with Gasteiger partial charge in [-0.3, -0.25) is 4.79 Å². The van der Waals surface area contributed by atoms with Crippen molar-refractivity contribution in [2.45, 2.75) is 33.1 Å². The molecule has 2 aromatic carbocycles. The highest BCUT2D eigenvalue weighted by Crippen LogP contribution is 2.23. The lowest BCUT2D eigenvalue weighted by Gasteiger charge is -2.19. The number of carbonyl (C=O) groups is 1. The topological polar surface area (TPSA) is 17.1 Å². The second-order valence-electron chi connectivity index (χ2n) is 5.97. The molecular formula is C18H20O. The number of rotatable bonds is 2. The molecule has 19 heavy (non-hydrogen) atoms. The van der Waals surface area contributed by atoms with E-state index in [1.165, 1.54) is 5.56 Å². The van der Waals surface area contributed by atoms with E-state index >= 15 is 0 Å². The Kier molecular flexibility index (Phi) is 3.57. The van der Waals surface area contributed by atoms with Crippen LogP contribution in [-0.2, 0) is 5.41 Å². The maximum absolute atomic E-state index is 12.4. The van der Waals surface area contributed by atoms with Crippen molar-refractivity contribution in [2.24, 2.45) is 0 Å². The zero-order valence-corrected chi connectivity index (χ0v) is 12.0. The highest BCUT2D eigenvalue weighted by Gasteiger charge is 2.15. The van der Waals surface area contributed by atoms with Crippen LogP contribution < -0.4 is 0 Å². The maximum Gasteiger partial charge on any atom is 0.193 e. The van der Waals surface area contributed by atoms with Gasteiger partial charge in [-0.2, -0.15) is 0 Å². The van der Waals surface area contributed by atoms with E-state index in [-0.39, 0.29) is 11.2 Å². The van der Waals surface area contributed by atoms with Crippen LogP contribution in [0.25, 0.3) is 0 Å². The summed E-state index contributed by atoms with van der Waals surface area (Å²) < 4.78 is 0. The summed E-state index contributed by atoms with van der Waals surface area (Å²) in [5.41, 5.74) is 3.92. The maximum atomic E-state index is 12.4. The van der Waals surface area contributed by atoms with Crippen LogP contribution in [-0.4, -0.2) is 5.78 Å². The van der Waals surface area contributed by atoms with Gasteiger partial charge in [-0.25, -0.2) is 0 Å². The van der Waals surface area contributed by atoms with Crippen LogP contribution in [0.1, 0.15) is 47.8 Å². The van der Waals surface area contributed by atoms with Gasteiger partial charge in [0.15, 0.2) is 5.78 Å². The predicted molar refractivity (Wildman–Crippen MR) is 79.8 cm³/mol. The van der Waals surface area contributed by atoms with Gasteiger partial charge < -0.3 is 0 Å². The van der Waals surface area contributed by atoms with E-state index in [0.29, 0.717) is 0 Å². The Bertz CT molecular complexity index is 586. The first-order chi connectivity index (χ1) is 8.89. The highest BCUT2D eigenvalue weighted by atomic mass is 16.1. The molecule has 2 aromatic rings. The first-order valence-corrected chi connectivity index (χ1v) is 6.60. The Morgan fingerprint density at radius 1 is 0.895 bits per heavy atom. The first-order valence-electron chi connectivity index (χ1n) is 6.60. The molecule has 0 heterocycles. The molecule has 0 N–H and O–H groups in total. The normalized spacial score (nSPS) is 11.4. The molecule has 0 aromatic heterocycles. The fourth-order valence-corrected chi connectivity index (χ4v) is 2.10. The quantitative estimate of drug-likeness (QED) is 0.718. The van der Waals surface area contributed by atoms with Gasteiger partial charge in [-0.15, -0.1) is 0 Å². The van der Waals surface area contributed by atoms with Gasteiger partial charge in [-0.1, -0.05) is 69.3 Å². The average molecular weight is 252 g/mol. The van der Waals surface area contributed by atoms with Gasteiger partial charge in [0, 0.05) is 11.1 Å². The monoisotopic (exact) mass is 252 g/mol. The minimum atomic E-state index is 0.0959. The molecule has 0 amide bonds. The minimum Gasteiger partial charge on any atom is -0.289 e. The SMILES string of the molecule is Cc1ccccc1C(=O)c1ccc(C(C)(C)C)cc1. The molecule has 0 atom stereocenters. The molecule has 0 aliphatic rings. The largest absolute Gasteiger partial charge is 0.289 e. The zero-order valence-electron chi connectivity index (χ0n) is 12.0. The lowest BCUT2D eigenvalue weighted by molar-refractivity contribution is 0.103. The number of hydrogen-bond donors (Lipinski definition) is 0. The van der Waals surface area contributed by atoms with Crippen LogP contribution in [0.4, 0.5) is 0 Å². The van der Waals surface area contributed by atoms with Crippen molar-refractivity contribution in [1.29, 1.82) is 0 Å². The number of carbonyl (C=O) groups excluding carboxylic acids is 1. The number of hydrogen-bond acceptors (Lipinski definition) is 1. The van der Waals surface area contributed by atoms with Gasteiger partial charge in [0.25, 0.3) is 0 Å². The molecule has 98 valence electrons. The molecule has 1 nitrogen and oxygen atoms in total. The van der Waals surface area contributed by atoms with Crippen molar-refractivity contribution in [3.05, 3.63) is 70.8 Å². The van der Waals surface area contributed by atoms with E-state index in [2.05, 4.69) is 20.8 Å². The van der Waals surface area contributed by atoms with Crippen LogP contribution in [0.3, 0.4) is 0 Å². The van der Waals surface area contributed by atoms with Gasteiger partial charge in [0.05, 0.1) is 0 Å². The van der Waals surface area contributed by atoms with Crippen molar-refractivity contribution in [2.75, 3.05) is 0 Å². The van der Waals surface area contributed by atoms with E-state index in [9.17, 15) is 4.79 Å². The Hall–Kier alpha value is -1.89. The molecule has 0 spiro atoms. The van der Waals surface area contributed by atoms with E-state index < -0.39 is 0 Å². The second kappa shape index (κ2) is 5.00. The Morgan fingerprint density at radius 2 is 1.47 bits per heavy atom. The van der Waals surface area contributed by atoms with Crippen LogP contribution in [0.2, 0.25) is 0 Å². The highest BCUT2D eigenvalue weighted by molar-refractivity contribution is 6.09. The Balaban J connectivity index is 2.34. The van der Waals surface area contributed by atoms with Gasteiger partial charge in [-0.05, 0) is 23.5 Å². The lowest BCUT2D eigenvalue weighted by Crippen LogP contribution is -2.11. The van der Waals surface area contributed by atoms with Crippen molar-refractivity contribution >= 4 is 5.78 Å². The number of aryl methyl sites for hydroxylation is 1. The standard InChI is InChI=1S/C18H20O/c1-13-7-5-6-8-16(13)17(19)14-9-11-15(12-10-14)18(2,3)4/h5-12H,1-4H3. The Morgan fingerprint density at radius 3 is 2.00 bits per heavy atom. The summed E-state index contributed by atoms with van der Waals surface area (Å²) in [6.45, 7) is 8.48. The van der Waals surface area contributed by atoms with Crippen molar-refractivity contribution in [1.82, 2.24) is 0 Å². The van der Waals surface area contributed by atoms with E-state index in [4.69, 9.17) is 0 Å². The van der Waals surface area contributed by atoms with Gasteiger partial charge in [0.1, 0.15) is 0 Å². The average Bonchev–Trinajstić information content (AvgIpc) is 2.38. The molecule has 0 radical (unpaired) electrons. The third-order valence-corrected chi connectivity index (χ3v) is 3.40. The van der Waals surface area contributed by atoms with Crippen molar-refractivity contribution < 1.29 is 4.79 Å². The molecule has 0 unspecified atom stereocenters. The van der Waals surface area contributed by atoms with Gasteiger partial charge in [0.2, 0.25) is 0 Å². The van der Waals surface area contributed by atoms with Crippen LogP contribution in [0.5, 0.6) is 0 Å². The predicted octanol–water partition coefficient (Wildman–Crippen LogP) is 4.52. The van der Waals surface area contributed by atoms with E-state index in [0.717, 1.165) is 16.7 Å². The summed E-state index contributed by atoms with van der Waals surface area (Å²) in [5.74, 6) is 0.0959. The van der Waals surface area contributed by atoms with Crippen molar-refractivity contribution in [3.8, 4) is 0 Å². The molecule has 2 rings (SSSR count). The number of ketones is 1. The summed E-state index contributed by atoms with van der Waals surface area (Å²) in [5, 5.41) is 0. The van der Waals surface area contributed by atoms with Crippen LogP contribution in [0.15, 0.2) is 48.5 Å². The van der Waals surface area contributed by atoms with Gasteiger partial charge >= 0.3 is 0 Å². The number of benzene rings is 2. The summed E-state index contributed by atoms with van der Waals surface area (Å²) in [7, 11) is 0. The Labute approximate surface area is 115 Å². The second-order valence-corrected chi connectivity index (χ2v) is 5.97. The molecule has 0 bridgehead atoms.